The highest BCUT2D eigenvalue weighted by atomic mass is 16.6. The molecule has 0 unspecified atom stereocenters. The molecule has 1 aromatic carbocycles. The van der Waals surface area contributed by atoms with Gasteiger partial charge in [0.25, 0.3) is 11.6 Å². The lowest BCUT2D eigenvalue weighted by atomic mass is 10.2. The van der Waals surface area contributed by atoms with Crippen LogP contribution in [-0.4, -0.2) is 15.8 Å². The van der Waals surface area contributed by atoms with Crippen LogP contribution in [-0.2, 0) is 6.54 Å². The first-order chi connectivity index (χ1) is 9.60. The molecule has 0 spiro atoms. The molecule has 1 amide bonds. The summed E-state index contributed by atoms with van der Waals surface area (Å²) >= 11 is 0. The molecule has 20 heavy (non-hydrogen) atoms. The van der Waals surface area contributed by atoms with Gasteiger partial charge in [0, 0.05) is 30.4 Å². The van der Waals surface area contributed by atoms with Gasteiger partial charge in [0.15, 0.2) is 0 Å². The summed E-state index contributed by atoms with van der Waals surface area (Å²) in [5, 5.41) is 13.2. The number of nitrogens with two attached hydrogens (primary N) is 1. The molecular weight excluding hydrogens is 260 g/mol. The predicted molar refractivity (Wildman–Crippen MR) is 73.2 cm³/mol. The molecule has 0 fully saturated rings. The smallest absolute Gasteiger partial charge is 0.270 e. The van der Waals surface area contributed by atoms with Crippen molar-refractivity contribution in [3.8, 4) is 0 Å². The van der Waals surface area contributed by atoms with Crippen molar-refractivity contribution in [2.75, 3.05) is 5.32 Å². The third kappa shape index (κ3) is 3.15. The average molecular weight is 272 g/mol. The number of nitrogens with zero attached hydrogens (tertiary/aromatic N) is 2. The number of anilines is 1. The lowest BCUT2D eigenvalue weighted by Crippen LogP contribution is -2.13. The summed E-state index contributed by atoms with van der Waals surface area (Å²) in [7, 11) is 0. The first-order valence-electron chi connectivity index (χ1n) is 5.81. The minimum atomic E-state index is -0.552. The van der Waals surface area contributed by atoms with Crippen molar-refractivity contribution < 1.29 is 9.72 Å². The van der Waals surface area contributed by atoms with E-state index < -0.39 is 10.8 Å². The van der Waals surface area contributed by atoms with Gasteiger partial charge >= 0.3 is 0 Å². The Labute approximate surface area is 114 Å². The molecule has 0 saturated heterocycles. The lowest BCUT2D eigenvalue weighted by molar-refractivity contribution is -0.384. The number of hydrogen-bond donors (Lipinski definition) is 2. The van der Waals surface area contributed by atoms with Crippen molar-refractivity contribution >= 4 is 17.4 Å². The van der Waals surface area contributed by atoms with Crippen LogP contribution >= 0.6 is 0 Å². The molecule has 0 atom stereocenters. The highest BCUT2D eigenvalue weighted by Crippen LogP contribution is 2.14. The van der Waals surface area contributed by atoms with Crippen LogP contribution in [0.5, 0.6) is 0 Å². The van der Waals surface area contributed by atoms with Gasteiger partial charge in [0.1, 0.15) is 5.82 Å². The number of carbonyl (C=O) groups is 1. The molecule has 0 aliphatic rings. The first kappa shape index (κ1) is 13.6. The molecule has 0 saturated carbocycles. The van der Waals surface area contributed by atoms with Crippen LogP contribution in [0.25, 0.3) is 0 Å². The van der Waals surface area contributed by atoms with Crippen molar-refractivity contribution in [2.45, 2.75) is 6.54 Å². The van der Waals surface area contributed by atoms with E-state index in [1.165, 1.54) is 30.5 Å². The Kier molecular flexibility index (Phi) is 4.02. The van der Waals surface area contributed by atoms with Crippen LogP contribution in [0.3, 0.4) is 0 Å². The second kappa shape index (κ2) is 5.89. The third-order valence-electron chi connectivity index (χ3n) is 2.62. The van der Waals surface area contributed by atoms with Gasteiger partial charge in [-0.15, -0.1) is 0 Å². The Morgan fingerprint density at radius 3 is 2.85 bits per heavy atom. The molecule has 0 bridgehead atoms. The van der Waals surface area contributed by atoms with E-state index in [9.17, 15) is 14.9 Å². The van der Waals surface area contributed by atoms with Gasteiger partial charge in [-0.1, -0.05) is 6.07 Å². The van der Waals surface area contributed by atoms with Crippen LogP contribution in [0, 0.1) is 10.1 Å². The number of amides is 1. The van der Waals surface area contributed by atoms with E-state index in [-0.39, 0.29) is 11.3 Å². The number of carbonyl (C=O) groups excluding carboxylic acids is 1. The minimum absolute atomic E-state index is 0.138. The Balaban J connectivity index is 2.19. The second-order valence-electron chi connectivity index (χ2n) is 4.02. The maximum Gasteiger partial charge on any atom is 0.270 e. The Morgan fingerprint density at radius 1 is 1.35 bits per heavy atom. The van der Waals surface area contributed by atoms with Crippen LogP contribution < -0.4 is 11.1 Å². The second-order valence-corrected chi connectivity index (χ2v) is 4.02. The molecule has 1 aromatic heterocycles. The van der Waals surface area contributed by atoms with Gasteiger partial charge in [-0.05, 0) is 23.8 Å². The maximum atomic E-state index is 12.0. The van der Waals surface area contributed by atoms with Gasteiger partial charge < -0.3 is 11.1 Å². The van der Waals surface area contributed by atoms with Crippen molar-refractivity contribution in [1.82, 2.24) is 4.98 Å². The normalized spacial score (nSPS) is 10.1. The number of rotatable bonds is 4. The predicted octanol–water partition coefficient (Wildman–Crippen LogP) is 1.70. The van der Waals surface area contributed by atoms with E-state index in [1.54, 1.807) is 12.1 Å². The fraction of sp³-hybridized carbons (Fsp3) is 0.0769. The SMILES string of the molecule is NCc1ccnc(NC(=O)c2cccc([N+](=O)[O-])c2)c1. The van der Waals surface area contributed by atoms with Gasteiger partial charge in [-0.3, -0.25) is 14.9 Å². The molecule has 0 radical (unpaired) electrons. The number of non-ortho nitro benzene ring substituents is 1. The van der Waals surface area contributed by atoms with E-state index >= 15 is 0 Å². The number of aromatic nitrogens is 1. The molecule has 7 heteroatoms. The summed E-state index contributed by atoms with van der Waals surface area (Å²) in [6.45, 7) is 0.336. The molecule has 0 aliphatic carbocycles. The summed E-state index contributed by atoms with van der Waals surface area (Å²) in [4.78, 5) is 26.1. The fourth-order valence-electron chi connectivity index (χ4n) is 1.62. The molecule has 102 valence electrons. The molecular formula is C13H12N4O3. The largest absolute Gasteiger partial charge is 0.326 e. The summed E-state index contributed by atoms with van der Waals surface area (Å²) in [6.07, 6.45) is 1.53. The number of pyridine rings is 1. The van der Waals surface area contributed by atoms with Crippen molar-refractivity contribution in [3.05, 3.63) is 63.8 Å². The highest BCUT2D eigenvalue weighted by molar-refractivity contribution is 6.04. The maximum absolute atomic E-state index is 12.0. The standard InChI is InChI=1S/C13H12N4O3/c14-8-9-4-5-15-12(6-9)16-13(18)10-2-1-3-11(7-10)17(19)20/h1-7H,8,14H2,(H,15,16,18). The third-order valence-corrected chi connectivity index (χ3v) is 2.62. The summed E-state index contributed by atoms with van der Waals surface area (Å²) < 4.78 is 0. The number of benzene rings is 1. The highest BCUT2D eigenvalue weighted by Gasteiger charge is 2.12. The molecule has 3 N–H and O–H groups in total. The van der Waals surface area contributed by atoms with E-state index in [1.807, 2.05) is 0 Å². The summed E-state index contributed by atoms with van der Waals surface area (Å²) in [5.74, 6) is -0.111. The van der Waals surface area contributed by atoms with Crippen molar-refractivity contribution in [3.63, 3.8) is 0 Å². The average Bonchev–Trinajstić information content (AvgIpc) is 2.47. The summed E-state index contributed by atoms with van der Waals surface area (Å²) in [6, 6.07) is 8.87. The zero-order valence-electron chi connectivity index (χ0n) is 10.4. The van der Waals surface area contributed by atoms with Gasteiger partial charge in [-0.2, -0.15) is 0 Å². The van der Waals surface area contributed by atoms with E-state index in [0.29, 0.717) is 12.4 Å². The summed E-state index contributed by atoms with van der Waals surface area (Å²) in [5.41, 5.74) is 6.38. The van der Waals surface area contributed by atoms with Crippen LogP contribution in [0.1, 0.15) is 15.9 Å². The van der Waals surface area contributed by atoms with Gasteiger partial charge in [0.05, 0.1) is 4.92 Å². The monoisotopic (exact) mass is 272 g/mol. The molecule has 2 rings (SSSR count). The molecule has 0 aliphatic heterocycles. The van der Waals surface area contributed by atoms with Crippen LogP contribution in [0.4, 0.5) is 11.5 Å². The van der Waals surface area contributed by atoms with E-state index in [0.717, 1.165) is 5.56 Å². The van der Waals surface area contributed by atoms with E-state index in [2.05, 4.69) is 10.3 Å². The molecule has 2 aromatic rings. The number of nitro benzene ring substituents is 1. The Hall–Kier alpha value is -2.80. The van der Waals surface area contributed by atoms with Crippen molar-refractivity contribution in [1.29, 1.82) is 0 Å². The molecule has 1 heterocycles. The number of nitro groups is 1. The fourth-order valence-corrected chi connectivity index (χ4v) is 1.62. The number of hydrogen-bond acceptors (Lipinski definition) is 5. The Morgan fingerprint density at radius 2 is 2.15 bits per heavy atom. The van der Waals surface area contributed by atoms with Crippen LogP contribution in [0.2, 0.25) is 0 Å². The zero-order valence-corrected chi connectivity index (χ0v) is 10.4. The van der Waals surface area contributed by atoms with Crippen LogP contribution in [0.15, 0.2) is 42.6 Å². The van der Waals surface area contributed by atoms with E-state index in [4.69, 9.17) is 5.73 Å². The quantitative estimate of drug-likeness (QED) is 0.650. The number of nitrogens with one attached hydrogen (secondary N) is 1. The van der Waals surface area contributed by atoms with Gasteiger partial charge in [-0.25, -0.2) is 4.98 Å². The Bertz CT molecular complexity index is 658. The molecule has 7 nitrogen and oxygen atoms in total. The first-order valence-corrected chi connectivity index (χ1v) is 5.81. The lowest BCUT2D eigenvalue weighted by Gasteiger charge is -2.05. The van der Waals surface area contributed by atoms with Gasteiger partial charge in [0.2, 0.25) is 0 Å². The minimum Gasteiger partial charge on any atom is -0.326 e. The zero-order chi connectivity index (χ0) is 14.5. The van der Waals surface area contributed by atoms with Crippen molar-refractivity contribution in [2.24, 2.45) is 5.73 Å². The topological polar surface area (TPSA) is 111 Å².